The third kappa shape index (κ3) is 8.40. The zero-order valence-electron chi connectivity index (χ0n) is 16.2. The molecule has 1 aromatic carbocycles. The SMILES string of the molecule is Cl.Cl.O=C(CCC1CCNCC1)NCc1ccc(NC(=O)c2cccnc2)cc1. The average molecular weight is 439 g/mol. The molecule has 2 amide bonds. The maximum absolute atomic E-state index is 12.1. The van der Waals surface area contributed by atoms with Crippen LogP contribution in [0.25, 0.3) is 0 Å². The number of rotatable bonds is 7. The first-order valence-electron chi connectivity index (χ1n) is 9.48. The van der Waals surface area contributed by atoms with Gasteiger partial charge in [-0.3, -0.25) is 14.6 Å². The largest absolute Gasteiger partial charge is 0.352 e. The van der Waals surface area contributed by atoms with Crippen molar-refractivity contribution in [3.05, 3.63) is 59.9 Å². The third-order valence-electron chi connectivity index (χ3n) is 4.86. The standard InChI is InChI=1S/C21H26N4O2.2ClH/c26-20(8-5-16-9-12-22-13-10-16)24-14-17-3-6-19(7-4-17)25-21(27)18-2-1-11-23-15-18;;/h1-4,6-7,11,15-16,22H,5,8-10,12-14H2,(H,24,26)(H,25,27);2*1H. The van der Waals surface area contributed by atoms with Gasteiger partial charge in [-0.1, -0.05) is 12.1 Å². The van der Waals surface area contributed by atoms with Gasteiger partial charge in [0.2, 0.25) is 5.91 Å². The summed E-state index contributed by atoms with van der Waals surface area (Å²) in [6.45, 7) is 2.63. The van der Waals surface area contributed by atoms with Crippen LogP contribution in [0.15, 0.2) is 48.8 Å². The molecule has 8 heteroatoms. The molecule has 3 N–H and O–H groups in total. The van der Waals surface area contributed by atoms with Gasteiger partial charge in [0.1, 0.15) is 0 Å². The molecule has 1 saturated heterocycles. The van der Waals surface area contributed by atoms with Crippen molar-refractivity contribution in [3.8, 4) is 0 Å². The Hall–Kier alpha value is -2.15. The second-order valence-corrected chi connectivity index (χ2v) is 6.90. The number of nitrogens with zero attached hydrogens (tertiary/aromatic N) is 1. The molecule has 0 aliphatic carbocycles. The molecule has 1 aromatic heterocycles. The molecule has 0 radical (unpaired) electrons. The number of carbonyl (C=O) groups is 2. The fourth-order valence-electron chi connectivity index (χ4n) is 3.20. The van der Waals surface area contributed by atoms with E-state index in [1.807, 2.05) is 24.3 Å². The van der Waals surface area contributed by atoms with Crippen molar-refractivity contribution >= 4 is 42.3 Å². The fourth-order valence-corrected chi connectivity index (χ4v) is 3.20. The number of anilines is 1. The van der Waals surface area contributed by atoms with Crippen LogP contribution in [-0.4, -0.2) is 29.9 Å². The lowest BCUT2D eigenvalue weighted by Crippen LogP contribution is -2.29. The first-order chi connectivity index (χ1) is 13.2. The van der Waals surface area contributed by atoms with E-state index in [9.17, 15) is 9.59 Å². The number of benzene rings is 1. The monoisotopic (exact) mass is 438 g/mol. The van der Waals surface area contributed by atoms with Crippen molar-refractivity contribution in [2.75, 3.05) is 18.4 Å². The van der Waals surface area contributed by atoms with Gasteiger partial charge in [0.05, 0.1) is 5.56 Å². The normalized spacial score (nSPS) is 13.5. The van der Waals surface area contributed by atoms with Crippen LogP contribution < -0.4 is 16.0 Å². The molecule has 29 heavy (non-hydrogen) atoms. The van der Waals surface area contributed by atoms with Crippen molar-refractivity contribution in [1.82, 2.24) is 15.6 Å². The van der Waals surface area contributed by atoms with Crippen molar-refractivity contribution < 1.29 is 9.59 Å². The van der Waals surface area contributed by atoms with Crippen molar-refractivity contribution in [3.63, 3.8) is 0 Å². The molecule has 3 rings (SSSR count). The lowest BCUT2D eigenvalue weighted by Gasteiger charge is -2.22. The average Bonchev–Trinajstić information content (AvgIpc) is 2.73. The van der Waals surface area contributed by atoms with Gasteiger partial charge in [-0.25, -0.2) is 0 Å². The summed E-state index contributed by atoms with van der Waals surface area (Å²) in [6.07, 6.45) is 7.05. The molecule has 0 spiro atoms. The summed E-state index contributed by atoms with van der Waals surface area (Å²) < 4.78 is 0. The highest BCUT2D eigenvalue weighted by Gasteiger charge is 2.14. The Balaban J connectivity index is 0.00000210. The molecule has 0 saturated carbocycles. The summed E-state index contributed by atoms with van der Waals surface area (Å²) in [5, 5.41) is 9.15. The van der Waals surface area contributed by atoms with Crippen LogP contribution in [-0.2, 0) is 11.3 Å². The highest BCUT2D eigenvalue weighted by atomic mass is 35.5. The molecule has 2 aromatic rings. The molecule has 6 nitrogen and oxygen atoms in total. The van der Waals surface area contributed by atoms with Crippen LogP contribution in [0.3, 0.4) is 0 Å². The van der Waals surface area contributed by atoms with E-state index < -0.39 is 0 Å². The number of nitrogens with one attached hydrogen (secondary N) is 3. The van der Waals surface area contributed by atoms with Crippen LogP contribution in [0.5, 0.6) is 0 Å². The Bertz CT molecular complexity index is 751. The summed E-state index contributed by atoms with van der Waals surface area (Å²) >= 11 is 0. The van der Waals surface area contributed by atoms with Crippen molar-refractivity contribution in [1.29, 1.82) is 0 Å². The van der Waals surface area contributed by atoms with E-state index in [1.54, 1.807) is 18.3 Å². The Labute approximate surface area is 184 Å². The minimum Gasteiger partial charge on any atom is -0.352 e. The molecule has 1 fully saturated rings. The Kier molecular flexibility index (Phi) is 11.3. The minimum absolute atomic E-state index is 0. The van der Waals surface area contributed by atoms with Crippen LogP contribution in [0.1, 0.15) is 41.6 Å². The van der Waals surface area contributed by atoms with Gasteiger partial charge in [0.25, 0.3) is 5.91 Å². The van der Waals surface area contributed by atoms with Gasteiger partial charge in [0, 0.05) is 31.0 Å². The summed E-state index contributed by atoms with van der Waals surface area (Å²) in [6, 6.07) is 10.9. The number of hydrogen-bond donors (Lipinski definition) is 3. The van der Waals surface area contributed by atoms with Gasteiger partial charge < -0.3 is 16.0 Å². The van der Waals surface area contributed by atoms with Crippen LogP contribution in [0.4, 0.5) is 5.69 Å². The third-order valence-corrected chi connectivity index (χ3v) is 4.86. The second-order valence-electron chi connectivity index (χ2n) is 6.90. The van der Waals surface area contributed by atoms with E-state index in [0.29, 0.717) is 30.1 Å². The molecular formula is C21H28Cl2N4O2. The first kappa shape index (κ1) is 24.9. The molecule has 1 aliphatic rings. The number of pyridine rings is 1. The van der Waals surface area contributed by atoms with Gasteiger partial charge >= 0.3 is 0 Å². The van der Waals surface area contributed by atoms with E-state index in [2.05, 4.69) is 20.9 Å². The number of carbonyl (C=O) groups excluding carboxylic acids is 2. The van der Waals surface area contributed by atoms with Crippen molar-refractivity contribution in [2.45, 2.75) is 32.2 Å². The maximum atomic E-state index is 12.1. The topological polar surface area (TPSA) is 83.1 Å². The second kappa shape index (κ2) is 13.1. The predicted octanol–water partition coefficient (Wildman–Crippen LogP) is 3.57. The molecule has 1 aliphatic heterocycles. The predicted molar refractivity (Wildman–Crippen MR) is 120 cm³/mol. The Morgan fingerprint density at radius 2 is 1.79 bits per heavy atom. The van der Waals surface area contributed by atoms with E-state index in [0.717, 1.165) is 25.1 Å². The number of piperidine rings is 1. The number of halogens is 2. The smallest absolute Gasteiger partial charge is 0.257 e. The first-order valence-corrected chi connectivity index (χ1v) is 9.48. The summed E-state index contributed by atoms with van der Waals surface area (Å²) in [5.41, 5.74) is 2.23. The van der Waals surface area contributed by atoms with Crippen molar-refractivity contribution in [2.24, 2.45) is 5.92 Å². The van der Waals surface area contributed by atoms with E-state index in [1.165, 1.54) is 19.0 Å². The van der Waals surface area contributed by atoms with E-state index in [4.69, 9.17) is 0 Å². The van der Waals surface area contributed by atoms with Gasteiger partial charge in [-0.15, -0.1) is 24.8 Å². The molecule has 0 unspecified atom stereocenters. The summed E-state index contributed by atoms with van der Waals surface area (Å²) in [5.74, 6) is 0.573. The zero-order valence-corrected chi connectivity index (χ0v) is 17.9. The Morgan fingerprint density at radius 3 is 2.45 bits per heavy atom. The van der Waals surface area contributed by atoms with Gasteiger partial charge in [0.15, 0.2) is 0 Å². The van der Waals surface area contributed by atoms with E-state index >= 15 is 0 Å². The zero-order chi connectivity index (χ0) is 18.9. The molecule has 2 heterocycles. The highest BCUT2D eigenvalue weighted by molar-refractivity contribution is 6.04. The molecule has 158 valence electrons. The minimum atomic E-state index is -0.193. The van der Waals surface area contributed by atoms with Crippen LogP contribution in [0, 0.1) is 5.92 Å². The van der Waals surface area contributed by atoms with E-state index in [-0.39, 0.29) is 36.6 Å². The quantitative estimate of drug-likeness (QED) is 0.616. The number of amides is 2. The van der Waals surface area contributed by atoms with Gasteiger partial charge in [-0.05, 0) is 68.1 Å². The molecule has 0 atom stereocenters. The molecular weight excluding hydrogens is 411 g/mol. The lowest BCUT2D eigenvalue weighted by atomic mass is 9.93. The highest BCUT2D eigenvalue weighted by Crippen LogP contribution is 2.17. The lowest BCUT2D eigenvalue weighted by molar-refractivity contribution is -0.121. The van der Waals surface area contributed by atoms with Crippen LogP contribution in [0.2, 0.25) is 0 Å². The maximum Gasteiger partial charge on any atom is 0.257 e. The summed E-state index contributed by atoms with van der Waals surface area (Å²) in [4.78, 5) is 28.1. The van der Waals surface area contributed by atoms with Crippen LogP contribution >= 0.6 is 24.8 Å². The number of hydrogen-bond acceptors (Lipinski definition) is 4. The number of aromatic nitrogens is 1. The Morgan fingerprint density at radius 1 is 1.07 bits per heavy atom. The molecule has 0 bridgehead atoms. The fraction of sp³-hybridized carbons (Fsp3) is 0.381. The van der Waals surface area contributed by atoms with Gasteiger partial charge in [-0.2, -0.15) is 0 Å². The summed E-state index contributed by atoms with van der Waals surface area (Å²) in [7, 11) is 0.